The van der Waals surface area contributed by atoms with E-state index >= 15 is 0 Å². The summed E-state index contributed by atoms with van der Waals surface area (Å²) >= 11 is 1.72. The Morgan fingerprint density at radius 3 is 2.93 bits per heavy atom. The number of aryl methyl sites for hydroxylation is 2. The number of thiophene rings is 1. The maximum atomic E-state index is 5.71. The summed E-state index contributed by atoms with van der Waals surface area (Å²) in [5.41, 5.74) is 9.07. The van der Waals surface area contributed by atoms with Gasteiger partial charge in [-0.05, 0) is 18.4 Å². The van der Waals surface area contributed by atoms with Crippen LogP contribution in [0.15, 0.2) is 17.5 Å². The lowest BCUT2D eigenvalue weighted by Crippen LogP contribution is -2.05. The minimum Gasteiger partial charge on any atom is -0.325 e. The minimum atomic E-state index is 0.532. The zero-order valence-corrected chi connectivity index (χ0v) is 9.14. The third-order valence-electron chi connectivity index (χ3n) is 2.30. The number of nitrogens with zero attached hydrogens (tertiary/aromatic N) is 2. The molecule has 0 atom stereocenters. The molecular formula is C10H13N3S. The normalized spacial score (nSPS) is 10.8. The predicted molar refractivity (Wildman–Crippen MR) is 59.1 cm³/mol. The number of aromatic nitrogens is 2. The van der Waals surface area contributed by atoms with Crippen LogP contribution in [0.4, 0.5) is 0 Å². The van der Waals surface area contributed by atoms with Gasteiger partial charge in [0.15, 0.2) is 0 Å². The minimum absolute atomic E-state index is 0.532. The molecule has 0 saturated carbocycles. The molecule has 2 aromatic heterocycles. The van der Waals surface area contributed by atoms with Crippen LogP contribution in [-0.2, 0) is 13.6 Å². The Bertz CT molecular complexity index is 428. The summed E-state index contributed by atoms with van der Waals surface area (Å²) in [7, 11) is 1.94. The van der Waals surface area contributed by atoms with Gasteiger partial charge in [-0.2, -0.15) is 5.10 Å². The lowest BCUT2D eigenvalue weighted by molar-refractivity contribution is 0.706. The Morgan fingerprint density at radius 1 is 1.57 bits per heavy atom. The molecule has 0 bridgehead atoms. The van der Waals surface area contributed by atoms with Gasteiger partial charge in [-0.3, -0.25) is 4.68 Å². The van der Waals surface area contributed by atoms with Crippen molar-refractivity contribution in [3.63, 3.8) is 0 Å². The lowest BCUT2D eigenvalue weighted by Gasteiger charge is -2.00. The summed E-state index contributed by atoms with van der Waals surface area (Å²) < 4.78 is 1.87. The summed E-state index contributed by atoms with van der Waals surface area (Å²) in [5.74, 6) is 0. The van der Waals surface area contributed by atoms with Crippen molar-refractivity contribution in [1.29, 1.82) is 0 Å². The number of nitrogens with two attached hydrogens (primary N) is 1. The SMILES string of the molecule is Cc1nn(C)c(CN)c1-c1cccs1. The Balaban J connectivity index is 2.62. The number of hydrogen-bond acceptors (Lipinski definition) is 3. The lowest BCUT2D eigenvalue weighted by atomic mass is 10.1. The van der Waals surface area contributed by atoms with E-state index in [0.717, 1.165) is 11.4 Å². The molecule has 14 heavy (non-hydrogen) atoms. The molecule has 0 aliphatic heterocycles. The molecule has 3 nitrogen and oxygen atoms in total. The van der Waals surface area contributed by atoms with E-state index in [0.29, 0.717) is 6.54 Å². The van der Waals surface area contributed by atoms with Crippen molar-refractivity contribution in [1.82, 2.24) is 9.78 Å². The van der Waals surface area contributed by atoms with E-state index < -0.39 is 0 Å². The molecule has 0 saturated heterocycles. The predicted octanol–water partition coefficient (Wildman–Crippen LogP) is 1.92. The average molecular weight is 207 g/mol. The van der Waals surface area contributed by atoms with E-state index in [-0.39, 0.29) is 0 Å². The van der Waals surface area contributed by atoms with Crippen molar-refractivity contribution in [3.05, 3.63) is 28.9 Å². The zero-order valence-electron chi connectivity index (χ0n) is 8.32. The van der Waals surface area contributed by atoms with Gasteiger partial charge in [0.2, 0.25) is 0 Å². The third kappa shape index (κ3) is 1.36. The van der Waals surface area contributed by atoms with Crippen LogP contribution in [0.5, 0.6) is 0 Å². The van der Waals surface area contributed by atoms with Gasteiger partial charge in [0.25, 0.3) is 0 Å². The number of rotatable bonds is 2. The average Bonchev–Trinajstić information content (AvgIpc) is 2.72. The van der Waals surface area contributed by atoms with Crippen molar-refractivity contribution in [3.8, 4) is 10.4 Å². The van der Waals surface area contributed by atoms with Crippen LogP contribution < -0.4 is 5.73 Å². The van der Waals surface area contributed by atoms with Crippen LogP contribution in [0.2, 0.25) is 0 Å². The van der Waals surface area contributed by atoms with E-state index in [1.807, 2.05) is 24.7 Å². The Kier molecular flexibility index (Phi) is 2.39. The van der Waals surface area contributed by atoms with E-state index in [1.165, 1.54) is 10.4 Å². The highest BCUT2D eigenvalue weighted by Gasteiger charge is 2.13. The molecular weight excluding hydrogens is 194 g/mol. The summed E-state index contributed by atoms with van der Waals surface area (Å²) in [4.78, 5) is 1.25. The molecule has 4 heteroatoms. The summed E-state index contributed by atoms with van der Waals surface area (Å²) in [6.07, 6.45) is 0. The molecule has 2 aromatic rings. The van der Waals surface area contributed by atoms with Crippen LogP contribution in [0.25, 0.3) is 10.4 Å². The van der Waals surface area contributed by atoms with Crippen molar-refractivity contribution in [2.75, 3.05) is 0 Å². The van der Waals surface area contributed by atoms with Crippen LogP contribution in [0, 0.1) is 6.92 Å². The van der Waals surface area contributed by atoms with E-state index in [4.69, 9.17) is 5.73 Å². The van der Waals surface area contributed by atoms with Gasteiger partial charge >= 0.3 is 0 Å². The molecule has 0 radical (unpaired) electrons. The topological polar surface area (TPSA) is 43.8 Å². The molecule has 0 unspecified atom stereocenters. The third-order valence-corrected chi connectivity index (χ3v) is 3.19. The van der Waals surface area contributed by atoms with Crippen LogP contribution in [0.1, 0.15) is 11.4 Å². The largest absolute Gasteiger partial charge is 0.325 e. The molecule has 2 N–H and O–H groups in total. The molecule has 0 fully saturated rings. The van der Waals surface area contributed by atoms with Crippen molar-refractivity contribution in [2.24, 2.45) is 12.8 Å². The fourth-order valence-electron chi connectivity index (χ4n) is 1.68. The summed E-state index contributed by atoms with van der Waals surface area (Å²) in [5, 5.41) is 6.45. The molecule has 0 spiro atoms. The first-order valence-corrected chi connectivity index (χ1v) is 5.38. The first-order chi connectivity index (χ1) is 6.74. The fourth-order valence-corrected chi connectivity index (χ4v) is 2.53. The summed E-state index contributed by atoms with van der Waals surface area (Å²) in [6.45, 7) is 2.55. The maximum absolute atomic E-state index is 5.71. The first-order valence-electron chi connectivity index (χ1n) is 4.50. The second kappa shape index (κ2) is 3.55. The Morgan fingerprint density at radius 2 is 2.36 bits per heavy atom. The van der Waals surface area contributed by atoms with Crippen molar-refractivity contribution < 1.29 is 0 Å². The zero-order chi connectivity index (χ0) is 10.1. The molecule has 0 aliphatic rings. The fraction of sp³-hybridized carbons (Fsp3) is 0.300. The quantitative estimate of drug-likeness (QED) is 0.817. The van der Waals surface area contributed by atoms with Gasteiger partial charge in [0.1, 0.15) is 0 Å². The smallest absolute Gasteiger partial charge is 0.0683 e. The van der Waals surface area contributed by atoms with Gasteiger partial charge in [0.05, 0.1) is 11.4 Å². The molecule has 74 valence electrons. The van der Waals surface area contributed by atoms with Crippen LogP contribution in [-0.4, -0.2) is 9.78 Å². The second-order valence-electron chi connectivity index (χ2n) is 3.21. The van der Waals surface area contributed by atoms with Gasteiger partial charge in [-0.1, -0.05) is 6.07 Å². The first kappa shape index (κ1) is 9.43. The van der Waals surface area contributed by atoms with Crippen LogP contribution in [0.3, 0.4) is 0 Å². The van der Waals surface area contributed by atoms with Crippen molar-refractivity contribution >= 4 is 11.3 Å². The van der Waals surface area contributed by atoms with Gasteiger partial charge in [-0.15, -0.1) is 11.3 Å². The maximum Gasteiger partial charge on any atom is 0.0683 e. The van der Waals surface area contributed by atoms with E-state index in [1.54, 1.807) is 11.3 Å². The summed E-state index contributed by atoms with van der Waals surface area (Å²) in [6, 6.07) is 4.15. The van der Waals surface area contributed by atoms with E-state index in [9.17, 15) is 0 Å². The monoisotopic (exact) mass is 207 g/mol. The van der Waals surface area contributed by atoms with E-state index in [2.05, 4.69) is 16.5 Å². The van der Waals surface area contributed by atoms with Crippen LogP contribution >= 0.6 is 11.3 Å². The van der Waals surface area contributed by atoms with Gasteiger partial charge in [0, 0.05) is 24.0 Å². The Hall–Kier alpha value is -1.13. The number of hydrogen-bond donors (Lipinski definition) is 1. The highest BCUT2D eigenvalue weighted by atomic mass is 32.1. The highest BCUT2D eigenvalue weighted by Crippen LogP contribution is 2.30. The molecule has 2 rings (SSSR count). The molecule has 0 amide bonds. The standard InChI is InChI=1S/C10H13N3S/c1-7-10(9-4-3-5-14-9)8(6-11)13(2)12-7/h3-5H,6,11H2,1-2H3. The molecule has 0 aliphatic carbocycles. The highest BCUT2D eigenvalue weighted by molar-refractivity contribution is 7.13. The molecule has 0 aromatic carbocycles. The Labute approximate surface area is 87.2 Å². The van der Waals surface area contributed by atoms with Crippen molar-refractivity contribution in [2.45, 2.75) is 13.5 Å². The van der Waals surface area contributed by atoms with Gasteiger partial charge < -0.3 is 5.73 Å². The second-order valence-corrected chi connectivity index (χ2v) is 4.16. The van der Waals surface area contributed by atoms with Gasteiger partial charge in [-0.25, -0.2) is 0 Å². The molecule has 2 heterocycles.